The summed E-state index contributed by atoms with van der Waals surface area (Å²) >= 11 is 2.73. The van der Waals surface area contributed by atoms with Crippen LogP contribution in [0.15, 0.2) is 40.7 Å². The van der Waals surface area contributed by atoms with Crippen molar-refractivity contribution in [2.45, 2.75) is 29.9 Å². The maximum atomic E-state index is 12.7. The summed E-state index contributed by atoms with van der Waals surface area (Å²) in [6, 6.07) is 6.27. The van der Waals surface area contributed by atoms with Crippen molar-refractivity contribution >= 4 is 47.0 Å². The maximum absolute atomic E-state index is 12.7. The standard InChI is InChI=1S/C19H20N6O4S2/c1-9-21-19(24-23-9)31-8-11-7-30-17-14(16(27)25(17)15(11)18(28)29)22-13(26)6-10-4-2-3-5-12(10)20/h2-5,14,17H,6-8,20H2,1H3,(H,22,26)(H,28,29)(H,21,23,24)/t14?,17-/m0/s1. The normalized spacial score (nSPS) is 20.3. The van der Waals surface area contributed by atoms with Crippen molar-refractivity contribution in [2.24, 2.45) is 0 Å². The summed E-state index contributed by atoms with van der Waals surface area (Å²) < 4.78 is 0. The van der Waals surface area contributed by atoms with Crippen LogP contribution in [0.1, 0.15) is 11.4 Å². The number of β-lactam (4-membered cyclic amide) rings is 1. The molecule has 0 aliphatic carbocycles. The number of aromatic nitrogens is 3. The van der Waals surface area contributed by atoms with E-state index < -0.39 is 23.3 Å². The average Bonchev–Trinajstić information content (AvgIpc) is 3.16. The first-order valence-corrected chi connectivity index (χ1v) is 11.4. The second kappa shape index (κ2) is 8.63. The molecule has 2 aliphatic heterocycles. The Kier molecular flexibility index (Phi) is 5.92. The van der Waals surface area contributed by atoms with Gasteiger partial charge in [-0.25, -0.2) is 9.78 Å². The number of para-hydroxylation sites is 1. The van der Waals surface area contributed by atoms with Crippen LogP contribution in [-0.4, -0.2) is 65.9 Å². The Morgan fingerprint density at radius 3 is 2.87 bits per heavy atom. The lowest BCUT2D eigenvalue weighted by molar-refractivity contribution is -0.150. The lowest BCUT2D eigenvalue weighted by Crippen LogP contribution is -2.70. The molecule has 5 N–H and O–H groups in total. The number of anilines is 1. The second-order valence-corrected chi connectivity index (χ2v) is 9.13. The van der Waals surface area contributed by atoms with Crippen LogP contribution in [0.2, 0.25) is 0 Å². The van der Waals surface area contributed by atoms with Gasteiger partial charge in [0.15, 0.2) is 0 Å². The van der Waals surface area contributed by atoms with Gasteiger partial charge in [0.1, 0.15) is 22.9 Å². The van der Waals surface area contributed by atoms with Gasteiger partial charge < -0.3 is 16.2 Å². The zero-order valence-corrected chi connectivity index (χ0v) is 18.1. The van der Waals surface area contributed by atoms with Crippen LogP contribution in [0, 0.1) is 6.92 Å². The molecule has 0 bridgehead atoms. The Labute approximate surface area is 186 Å². The summed E-state index contributed by atoms with van der Waals surface area (Å²) in [5.41, 5.74) is 7.65. The lowest BCUT2D eigenvalue weighted by atomic mass is 10.0. The Morgan fingerprint density at radius 1 is 1.42 bits per heavy atom. The predicted octanol–water partition coefficient (Wildman–Crippen LogP) is 0.769. The lowest BCUT2D eigenvalue weighted by Gasteiger charge is -2.49. The number of benzene rings is 1. The van der Waals surface area contributed by atoms with E-state index in [2.05, 4.69) is 20.5 Å². The third-order valence-electron chi connectivity index (χ3n) is 4.92. The Morgan fingerprint density at radius 2 is 2.19 bits per heavy atom. The first-order chi connectivity index (χ1) is 14.8. The molecular formula is C19H20N6O4S2. The topological polar surface area (TPSA) is 154 Å². The van der Waals surface area contributed by atoms with E-state index in [1.807, 2.05) is 0 Å². The van der Waals surface area contributed by atoms with Crippen LogP contribution in [0.4, 0.5) is 5.69 Å². The molecule has 3 heterocycles. The van der Waals surface area contributed by atoms with Gasteiger partial charge in [-0.05, 0) is 24.1 Å². The number of nitrogens with two attached hydrogens (primary N) is 1. The van der Waals surface area contributed by atoms with Crippen LogP contribution < -0.4 is 11.1 Å². The number of hydrogen-bond donors (Lipinski definition) is 4. The molecule has 0 radical (unpaired) electrons. The minimum absolute atomic E-state index is 0.0219. The van der Waals surface area contributed by atoms with Gasteiger partial charge in [-0.1, -0.05) is 30.0 Å². The van der Waals surface area contributed by atoms with E-state index in [-0.39, 0.29) is 18.0 Å². The molecular weight excluding hydrogens is 440 g/mol. The fourth-order valence-corrected chi connectivity index (χ4v) is 5.75. The van der Waals surface area contributed by atoms with E-state index in [1.165, 1.54) is 28.4 Å². The third-order valence-corrected chi connectivity index (χ3v) is 7.20. The Hall–Kier alpha value is -2.99. The third kappa shape index (κ3) is 4.26. The molecule has 4 rings (SSSR count). The van der Waals surface area contributed by atoms with Gasteiger partial charge in [0.05, 0.1) is 6.42 Å². The van der Waals surface area contributed by atoms with Crippen molar-refractivity contribution in [3.05, 3.63) is 46.9 Å². The monoisotopic (exact) mass is 460 g/mol. The smallest absolute Gasteiger partial charge is 0.352 e. The summed E-state index contributed by atoms with van der Waals surface area (Å²) in [5.74, 6) is -0.472. The molecule has 12 heteroatoms. The quantitative estimate of drug-likeness (QED) is 0.266. The fourth-order valence-electron chi connectivity index (χ4n) is 3.43. The maximum Gasteiger partial charge on any atom is 0.352 e. The zero-order chi connectivity index (χ0) is 22.1. The molecule has 1 aromatic carbocycles. The molecule has 2 aliphatic rings. The minimum Gasteiger partial charge on any atom is -0.477 e. The molecule has 162 valence electrons. The first-order valence-electron chi connectivity index (χ1n) is 9.39. The molecule has 2 amide bonds. The minimum atomic E-state index is -1.16. The molecule has 1 saturated heterocycles. The van der Waals surface area contributed by atoms with E-state index in [4.69, 9.17) is 5.73 Å². The molecule has 2 aromatic rings. The fraction of sp³-hybridized carbons (Fsp3) is 0.316. The van der Waals surface area contributed by atoms with E-state index in [0.29, 0.717) is 39.3 Å². The van der Waals surface area contributed by atoms with Gasteiger partial charge in [0.2, 0.25) is 11.1 Å². The number of hydrogen-bond acceptors (Lipinski definition) is 8. The number of rotatable bonds is 7. The average molecular weight is 461 g/mol. The van der Waals surface area contributed by atoms with E-state index in [1.54, 1.807) is 31.2 Å². The first kappa shape index (κ1) is 21.2. The SMILES string of the molecule is Cc1nc(SCC2=C(C(=O)O)N3C(=O)C(NC(=O)Cc4ccccc4N)[C@@H]3SC2)n[nH]1. The van der Waals surface area contributed by atoms with Crippen LogP contribution in [0.5, 0.6) is 0 Å². The number of thioether (sulfide) groups is 2. The van der Waals surface area contributed by atoms with Crippen LogP contribution in [0.3, 0.4) is 0 Å². The number of carbonyl (C=O) groups excluding carboxylic acids is 2. The molecule has 2 atom stereocenters. The highest BCUT2D eigenvalue weighted by Gasteiger charge is 2.54. The number of aryl methyl sites for hydroxylation is 1. The molecule has 0 spiro atoms. The van der Waals surface area contributed by atoms with Crippen molar-refractivity contribution in [1.29, 1.82) is 0 Å². The zero-order valence-electron chi connectivity index (χ0n) is 16.5. The number of fused-ring (bicyclic) bond motifs is 1. The Bertz CT molecular complexity index is 1080. The Balaban J connectivity index is 1.43. The number of carbonyl (C=O) groups is 3. The van der Waals surface area contributed by atoms with Crippen molar-refractivity contribution in [3.8, 4) is 0 Å². The van der Waals surface area contributed by atoms with Crippen molar-refractivity contribution in [3.63, 3.8) is 0 Å². The summed E-state index contributed by atoms with van der Waals surface area (Å²) in [6.45, 7) is 1.78. The van der Waals surface area contributed by atoms with E-state index >= 15 is 0 Å². The van der Waals surface area contributed by atoms with Crippen molar-refractivity contribution in [2.75, 3.05) is 17.2 Å². The number of H-pyrrole nitrogens is 1. The van der Waals surface area contributed by atoms with Gasteiger partial charge in [-0.15, -0.1) is 16.9 Å². The highest BCUT2D eigenvalue weighted by atomic mass is 32.2. The largest absolute Gasteiger partial charge is 0.477 e. The number of nitrogens with one attached hydrogen (secondary N) is 2. The number of nitrogens with zero attached hydrogens (tertiary/aromatic N) is 3. The number of aliphatic carboxylic acids is 1. The van der Waals surface area contributed by atoms with Crippen molar-refractivity contribution < 1.29 is 19.5 Å². The van der Waals surface area contributed by atoms with Gasteiger partial charge in [0.25, 0.3) is 5.91 Å². The molecule has 31 heavy (non-hydrogen) atoms. The van der Waals surface area contributed by atoms with E-state index in [0.717, 1.165) is 0 Å². The number of carboxylic acid groups (broad SMARTS) is 1. The highest BCUT2D eigenvalue weighted by molar-refractivity contribution is 8.01. The molecule has 10 nitrogen and oxygen atoms in total. The van der Waals surface area contributed by atoms with Crippen LogP contribution >= 0.6 is 23.5 Å². The van der Waals surface area contributed by atoms with Gasteiger partial charge in [-0.3, -0.25) is 19.6 Å². The number of aromatic amines is 1. The summed E-state index contributed by atoms with van der Waals surface area (Å²) in [6.07, 6.45) is 0.0490. The predicted molar refractivity (Wildman–Crippen MR) is 116 cm³/mol. The van der Waals surface area contributed by atoms with Crippen LogP contribution in [0.25, 0.3) is 0 Å². The number of carboxylic acids is 1. The van der Waals surface area contributed by atoms with E-state index in [9.17, 15) is 19.5 Å². The van der Waals surface area contributed by atoms with Crippen molar-refractivity contribution in [1.82, 2.24) is 25.4 Å². The highest BCUT2D eigenvalue weighted by Crippen LogP contribution is 2.41. The summed E-state index contributed by atoms with van der Waals surface area (Å²) in [7, 11) is 0. The van der Waals surface area contributed by atoms with Gasteiger partial charge in [0, 0.05) is 17.2 Å². The molecule has 1 fully saturated rings. The number of amides is 2. The van der Waals surface area contributed by atoms with Gasteiger partial charge >= 0.3 is 5.97 Å². The second-order valence-electron chi connectivity index (χ2n) is 7.08. The van der Waals surface area contributed by atoms with Gasteiger partial charge in [-0.2, -0.15) is 0 Å². The number of nitrogen functional groups attached to an aromatic ring is 1. The summed E-state index contributed by atoms with van der Waals surface area (Å²) in [5, 5.41) is 19.3. The summed E-state index contributed by atoms with van der Waals surface area (Å²) in [4.78, 5) is 42.5. The molecule has 0 saturated carbocycles. The molecule has 1 unspecified atom stereocenters. The molecule has 1 aromatic heterocycles. The van der Waals surface area contributed by atoms with Crippen LogP contribution in [-0.2, 0) is 20.8 Å².